The molecule has 6 nitrogen and oxygen atoms in total. The van der Waals surface area contributed by atoms with Gasteiger partial charge in [-0.1, -0.05) is 23.9 Å². The lowest BCUT2D eigenvalue weighted by molar-refractivity contribution is 0.313. The molecular weight excluding hydrogens is 324 g/mol. The van der Waals surface area contributed by atoms with Crippen molar-refractivity contribution in [3.05, 3.63) is 30.1 Å². The van der Waals surface area contributed by atoms with Gasteiger partial charge in [0.1, 0.15) is 5.82 Å². The fraction of sp³-hybridized carbons (Fsp3) is 0.529. The maximum atomic E-state index is 5.80. The first kappa shape index (κ1) is 17.1. The van der Waals surface area contributed by atoms with Gasteiger partial charge < -0.3 is 19.4 Å². The maximum Gasteiger partial charge on any atom is 0.191 e. The Morgan fingerprint density at radius 2 is 2.12 bits per heavy atom. The van der Waals surface area contributed by atoms with Crippen LogP contribution in [-0.2, 0) is 7.05 Å². The summed E-state index contributed by atoms with van der Waals surface area (Å²) in [6, 6.07) is 7.69. The van der Waals surface area contributed by atoms with E-state index >= 15 is 0 Å². The van der Waals surface area contributed by atoms with Crippen molar-refractivity contribution in [2.24, 2.45) is 7.05 Å². The fourth-order valence-corrected chi connectivity index (χ4v) is 3.64. The van der Waals surface area contributed by atoms with Crippen LogP contribution in [0.5, 0.6) is 11.5 Å². The minimum atomic E-state index is 0.468. The third-order valence-corrected chi connectivity index (χ3v) is 5.16. The van der Waals surface area contributed by atoms with E-state index in [1.165, 1.54) is 12.8 Å². The van der Waals surface area contributed by atoms with Crippen LogP contribution >= 0.6 is 11.8 Å². The zero-order chi connectivity index (χ0) is 16.8. The summed E-state index contributed by atoms with van der Waals surface area (Å²) in [5.41, 5.74) is 0. The Kier molecular flexibility index (Phi) is 5.98. The molecule has 1 unspecified atom stereocenters. The third-order valence-electron chi connectivity index (χ3n) is 4.17. The van der Waals surface area contributed by atoms with E-state index in [-0.39, 0.29) is 0 Å². The molecule has 2 heterocycles. The van der Waals surface area contributed by atoms with Crippen LogP contribution in [0.2, 0.25) is 0 Å². The van der Waals surface area contributed by atoms with Gasteiger partial charge in [0.15, 0.2) is 16.7 Å². The number of nitrogens with zero attached hydrogens (tertiary/aromatic N) is 3. The quantitative estimate of drug-likeness (QED) is 0.613. The van der Waals surface area contributed by atoms with E-state index in [1.54, 1.807) is 18.9 Å². The average molecular weight is 348 g/mol. The average Bonchev–Trinajstić information content (AvgIpc) is 3.00. The van der Waals surface area contributed by atoms with Crippen molar-refractivity contribution < 1.29 is 9.47 Å². The number of hydrogen-bond donors (Lipinski definition) is 1. The summed E-state index contributed by atoms with van der Waals surface area (Å²) in [5, 5.41) is 13.1. The first-order valence-corrected chi connectivity index (χ1v) is 9.26. The molecule has 0 radical (unpaired) electrons. The van der Waals surface area contributed by atoms with Crippen molar-refractivity contribution in [1.82, 2.24) is 20.1 Å². The summed E-state index contributed by atoms with van der Waals surface area (Å²) < 4.78 is 13.2. The molecule has 1 aromatic heterocycles. The minimum absolute atomic E-state index is 0.468. The van der Waals surface area contributed by atoms with E-state index in [1.807, 2.05) is 31.3 Å². The highest BCUT2D eigenvalue weighted by molar-refractivity contribution is 7.99. The highest BCUT2D eigenvalue weighted by atomic mass is 32.2. The first-order valence-electron chi connectivity index (χ1n) is 8.28. The molecule has 1 aromatic carbocycles. The molecule has 1 saturated heterocycles. The molecule has 0 spiro atoms. The number of piperidine rings is 1. The molecule has 1 aliphatic heterocycles. The van der Waals surface area contributed by atoms with Gasteiger partial charge in [0, 0.05) is 25.3 Å². The van der Waals surface area contributed by atoms with Crippen molar-refractivity contribution in [2.75, 3.05) is 32.6 Å². The van der Waals surface area contributed by atoms with E-state index in [2.05, 4.69) is 20.1 Å². The number of nitrogens with one attached hydrogen (secondary N) is 1. The van der Waals surface area contributed by atoms with Crippen LogP contribution in [0.1, 0.15) is 24.6 Å². The summed E-state index contributed by atoms with van der Waals surface area (Å²) in [7, 11) is 3.70. The molecular formula is C17H24N4O2S. The second-order valence-electron chi connectivity index (χ2n) is 5.79. The Morgan fingerprint density at radius 3 is 2.88 bits per heavy atom. The number of methoxy groups -OCH3 is 1. The summed E-state index contributed by atoms with van der Waals surface area (Å²) >= 11 is 1.67. The van der Waals surface area contributed by atoms with Crippen LogP contribution in [0, 0.1) is 0 Å². The van der Waals surface area contributed by atoms with Gasteiger partial charge in [-0.25, -0.2) is 0 Å². The maximum absolute atomic E-state index is 5.80. The molecule has 2 aromatic rings. The Labute approximate surface area is 146 Å². The van der Waals surface area contributed by atoms with Gasteiger partial charge >= 0.3 is 0 Å². The molecule has 0 amide bonds. The number of thioether (sulfide) groups is 1. The van der Waals surface area contributed by atoms with E-state index in [4.69, 9.17) is 9.47 Å². The zero-order valence-electron chi connectivity index (χ0n) is 14.2. The van der Waals surface area contributed by atoms with Crippen LogP contribution in [0.25, 0.3) is 0 Å². The van der Waals surface area contributed by atoms with Gasteiger partial charge in [0.05, 0.1) is 13.7 Å². The van der Waals surface area contributed by atoms with Crippen LogP contribution in [0.4, 0.5) is 0 Å². The predicted octanol–water partition coefficient (Wildman–Crippen LogP) is 2.46. The predicted molar refractivity (Wildman–Crippen MR) is 95.1 cm³/mol. The molecule has 1 fully saturated rings. The number of ether oxygens (including phenoxy) is 2. The van der Waals surface area contributed by atoms with Gasteiger partial charge in [-0.05, 0) is 31.5 Å². The van der Waals surface area contributed by atoms with Crippen LogP contribution < -0.4 is 14.8 Å². The summed E-state index contributed by atoms with van der Waals surface area (Å²) in [5.74, 6) is 3.89. The molecule has 0 aliphatic carbocycles. The van der Waals surface area contributed by atoms with Crippen molar-refractivity contribution in [3.63, 3.8) is 0 Å². The first-order chi connectivity index (χ1) is 11.8. The summed E-state index contributed by atoms with van der Waals surface area (Å²) in [6.07, 6.45) is 2.38. The lowest BCUT2D eigenvalue weighted by Crippen LogP contribution is -2.29. The SMILES string of the molecule is COc1ccccc1OCCSc1nnc(C2CCCNC2)n1C. The Hall–Kier alpha value is -1.73. The van der Waals surface area contributed by atoms with Crippen LogP contribution in [0.3, 0.4) is 0 Å². The second kappa shape index (κ2) is 8.39. The normalized spacial score (nSPS) is 17.7. The molecule has 3 rings (SSSR count). The topological polar surface area (TPSA) is 61.2 Å². The molecule has 130 valence electrons. The van der Waals surface area contributed by atoms with Gasteiger partial charge in [-0.3, -0.25) is 0 Å². The minimum Gasteiger partial charge on any atom is -0.493 e. The van der Waals surface area contributed by atoms with Gasteiger partial charge in [0.25, 0.3) is 0 Å². The van der Waals surface area contributed by atoms with Gasteiger partial charge in [0.2, 0.25) is 0 Å². The van der Waals surface area contributed by atoms with Crippen LogP contribution in [-0.4, -0.2) is 47.3 Å². The van der Waals surface area contributed by atoms with E-state index in [0.717, 1.165) is 41.3 Å². The van der Waals surface area contributed by atoms with E-state index in [0.29, 0.717) is 12.5 Å². The molecule has 0 bridgehead atoms. The molecule has 1 aliphatic rings. The number of rotatable bonds is 7. The Bertz CT molecular complexity index is 656. The highest BCUT2D eigenvalue weighted by Crippen LogP contribution is 2.27. The lowest BCUT2D eigenvalue weighted by atomic mass is 9.99. The van der Waals surface area contributed by atoms with E-state index < -0.39 is 0 Å². The van der Waals surface area contributed by atoms with Gasteiger partial charge in [-0.15, -0.1) is 10.2 Å². The van der Waals surface area contributed by atoms with Crippen molar-refractivity contribution in [1.29, 1.82) is 0 Å². The van der Waals surface area contributed by atoms with Gasteiger partial charge in [-0.2, -0.15) is 0 Å². The molecule has 1 atom stereocenters. The fourth-order valence-electron chi connectivity index (χ4n) is 2.90. The van der Waals surface area contributed by atoms with Crippen molar-refractivity contribution >= 4 is 11.8 Å². The molecule has 7 heteroatoms. The zero-order valence-corrected chi connectivity index (χ0v) is 15.0. The van der Waals surface area contributed by atoms with Crippen LogP contribution in [0.15, 0.2) is 29.4 Å². The van der Waals surface area contributed by atoms with Crippen molar-refractivity contribution in [2.45, 2.75) is 23.9 Å². The molecule has 1 N–H and O–H groups in total. The standard InChI is InChI=1S/C17H24N4O2S/c1-21-16(13-6-5-9-18-12-13)19-20-17(21)24-11-10-23-15-8-4-3-7-14(15)22-2/h3-4,7-8,13,18H,5-6,9-12H2,1-2H3. The number of aromatic nitrogens is 3. The highest BCUT2D eigenvalue weighted by Gasteiger charge is 2.21. The number of para-hydroxylation sites is 2. The molecule has 0 saturated carbocycles. The number of benzene rings is 1. The number of hydrogen-bond acceptors (Lipinski definition) is 6. The van der Waals surface area contributed by atoms with Crippen molar-refractivity contribution in [3.8, 4) is 11.5 Å². The summed E-state index contributed by atoms with van der Waals surface area (Å²) in [4.78, 5) is 0. The lowest BCUT2D eigenvalue weighted by Gasteiger charge is -2.21. The Morgan fingerprint density at radius 1 is 1.29 bits per heavy atom. The summed E-state index contributed by atoms with van der Waals surface area (Å²) in [6.45, 7) is 2.70. The monoisotopic (exact) mass is 348 g/mol. The smallest absolute Gasteiger partial charge is 0.191 e. The molecule has 24 heavy (non-hydrogen) atoms. The Balaban J connectivity index is 1.51. The van der Waals surface area contributed by atoms with E-state index in [9.17, 15) is 0 Å². The largest absolute Gasteiger partial charge is 0.493 e. The third kappa shape index (κ3) is 4.02. The second-order valence-corrected chi connectivity index (χ2v) is 6.85.